The van der Waals surface area contributed by atoms with E-state index >= 15 is 0 Å². The molecule has 0 bridgehead atoms. The van der Waals surface area contributed by atoms with Crippen molar-refractivity contribution in [3.8, 4) is 0 Å². The van der Waals surface area contributed by atoms with Crippen LogP contribution in [0.4, 0.5) is 24.7 Å². The Balaban J connectivity index is 1.47. The van der Waals surface area contributed by atoms with Crippen molar-refractivity contribution in [3.63, 3.8) is 0 Å². The summed E-state index contributed by atoms with van der Waals surface area (Å²) in [5.41, 5.74) is 0.859. The molecule has 0 spiro atoms. The highest BCUT2D eigenvalue weighted by molar-refractivity contribution is 5.86. The van der Waals surface area contributed by atoms with E-state index in [1.54, 1.807) is 6.20 Å². The molecule has 0 radical (unpaired) electrons. The number of nitrogens with one attached hydrogen (secondary N) is 1. The molecule has 3 heterocycles. The molecule has 9 heteroatoms. The van der Waals surface area contributed by atoms with Crippen LogP contribution in [0.1, 0.15) is 5.56 Å². The van der Waals surface area contributed by atoms with Gasteiger partial charge in [-0.2, -0.15) is 18.3 Å². The maximum atomic E-state index is 12.7. The highest BCUT2D eigenvalue weighted by Crippen LogP contribution is 2.31. The molecule has 4 rings (SSSR count). The summed E-state index contributed by atoms with van der Waals surface area (Å²) >= 11 is 0. The summed E-state index contributed by atoms with van der Waals surface area (Å²) < 4.78 is 38.0. The van der Waals surface area contributed by atoms with E-state index in [1.165, 1.54) is 18.5 Å². The minimum Gasteiger partial charge on any atom is -0.368 e. The minimum atomic E-state index is -4.31. The summed E-state index contributed by atoms with van der Waals surface area (Å²) in [6, 6.07) is 5.30. The second-order valence-electron chi connectivity index (χ2n) is 5.85. The summed E-state index contributed by atoms with van der Waals surface area (Å²) in [5.74, 6) is 0.825. The number of rotatable bonds is 2. The van der Waals surface area contributed by atoms with Crippen LogP contribution >= 0.6 is 0 Å². The van der Waals surface area contributed by atoms with Crippen LogP contribution < -0.4 is 9.80 Å². The van der Waals surface area contributed by atoms with Gasteiger partial charge in [0.25, 0.3) is 0 Å². The lowest BCUT2D eigenvalue weighted by Crippen LogP contribution is -2.46. The Morgan fingerprint density at radius 3 is 2.28 bits per heavy atom. The average Bonchev–Trinajstić information content (AvgIpc) is 3.10. The number of aromatic amines is 1. The summed E-state index contributed by atoms with van der Waals surface area (Å²) in [5, 5.41) is 7.68. The molecule has 3 aromatic rings. The normalized spacial score (nSPS) is 15.8. The first-order valence-corrected chi connectivity index (χ1v) is 7.83. The third-order valence-electron chi connectivity index (χ3n) is 4.37. The number of anilines is 2. The van der Waals surface area contributed by atoms with Crippen molar-refractivity contribution in [1.82, 2.24) is 20.2 Å². The van der Waals surface area contributed by atoms with Gasteiger partial charge in [0.1, 0.15) is 12.1 Å². The molecule has 0 unspecified atom stereocenters. The van der Waals surface area contributed by atoms with E-state index in [2.05, 4.69) is 30.0 Å². The van der Waals surface area contributed by atoms with Crippen LogP contribution in [0.25, 0.3) is 11.0 Å². The van der Waals surface area contributed by atoms with Gasteiger partial charge in [0.05, 0.1) is 17.1 Å². The zero-order chi connectivity index (χ0) is 17.4. The van der Waals surface area contributed by atoms with Crippen LogP contribution in [0.2, 0.25) is 0 Å². The van der Waals surface area contributed by atoms with Crippen LogP contribution in [0.5, 0.6) is 0 Å². The lowest BCUT2D eigenvalue weighted by molar-refractivity contribution is -0.137. The van der Waals surface area contributed by atoms with Crippen LogP contribution in [-0.2, 0) is 6.18 Å². The van der Waals surface area contributed by atoms with Gasteiger partial charge in [0.2, 0.25) is 0 Å². The molecule has 1 saturated heterocycles. The predicted molar refractivity (Wildman–Crippen MR) is 87.6 cm³/mol. The van der Waals surface area contributed by atoms with Crippen molar-refractivity contribution in [1.29, 1.82) is 0 Å². The number of nitrogens with zero attached hydrogens (tertiary/aromatic N) is 5. The first-order chi connectivity index (χ1) is 12.0. The van der Waals surface area contributed by atoms with Crippen molar-refractivity contribution in [3.05, 3.63) is 42.4 Å². The first kappa shape index (κ1) is 15.7. The van der Waals surface area contributed by atoms with Crippen LogP contribution in [-0.4, -0.2) is 46.3 Å². The lowest BCUT2D eigenvalue weighted by atomic mass is 10.1. The van der Waals surface area contributed by atoms with Gasteiger partial charge in [-0.05, 0) is 24.3 Å². The second-order valence-corrected chi connectivity index (χ2v) is 5.85. The SMILES string of the molecule is FC(F)(F)c1ccc(N2CCN(c3ncnc4[nH]ncc34)CC2)cc1. The fourth-order valence-corrected chi connectivity index (χ4v) is 3.04. The molecule has 0 saturated carbocycles. The summed E-state index contributed by atoms with van der Waals surface area (Å²) in [6.07, 6.45) is -1.11. The molecular weight excluding hydrogens is 333 g/mol. The molecule has 0 amide bonds. The van der Waals surface area contributed by atoms with E-state index in [4.69, 9.17) is 0 Å². The Kier molecular flexibility index (Phi) is 3.70. The molecule has 1 N–H and O–H groups in total. The van der Waals surface area contributed by atoms with Gasteiger partial charge in [-0.3, -0.25) is 5.10 Å². The Morgan fingerprint density at radius 2 is 1.60 bits per heavy atom. The Morgan fingerprint density at radius 1 is 0.920 bits per heavy atom. The van der Waals surface area contributed by atoms with E-state index in [0.717, 1.165) is 42.1 Å². The van der Waals surface area contributed by atoms with E-state index in [0.29, 0.717) is 18.7 Å². The largest absolute Gasteiger partial charge is 0.416 e. The van der Waals surface area contributed by atoms with Gasteiger partial charge in [0.15, 0.2) is 5.65 Å². The number of benzene rings is 1. The number of hydrogen-bond donors (Lipinski definition) is 1. The van der Waals surface area contributed by atoms with Crippen molar-refractivity contribution in [2.75, 3.05) is 36.0 Å². The third kappa shape index (κ3) is 2.97. The Labute approximate surface area is 141 Å². The maximum absolute atomic E-state index is 12.7. The monoisotopic (exact) mass is 348 g/mol. The van der Waals surface area contributed by atoms with Gasteiger partial charge in [-0.25, -0.2) is 9.97 Å². The fraction of sp³-hybridized carbons (Fsp3) is 0.312. The highest BCUT2D eigenvalue weighted by Gasteiger charge is 2.30. The third-order valence-corrected chi connectivity index (χ3v) is 4.37. The van der Waals surface area contributed by atoms with Gasteiger partial charge in [0, 0.05) is 31.9 Å². The molecule has 1 aliphatic heterocycles. The van der Waals surface area contributed by atoms with E-state index in [9.17, 15) is 13.2 Å². The van der Waals surface area contributed by atoms with Gasteiger partial charge >= 0.3 is 6.18 Å². The molecule has 130 valence electrons. The number of alkyl halides is 3. The molecule has 0 aliphatic carbocycles. The molecular formula is C16H15F3N6. The van der Waals surface area contributed by atoms with Crippen LogP contribution in [0, 0.1) is 0 Å². The number of piperazine rings is 1. The van der Waals surface area contributed by atoms with Crippen molar-refractivity contribution in [2.24, 2.45) is 0 Å². The highest BCUT2D eigenvalue weighted by atomic mass is 19.4. The molecule has 0 atom stereocenters. The summed E-state index contributed by atoms with van der Waals surface area (Å²) in [4.78, 5) is 12.7. The van der Waals surface area contributed by atoms with Gasteiger partial charge in [-0.15, -0.1) is 0 Å². The zero-order valence-electron chi connectivity index (χ0n) is 13.2. The first-order valence-electron chi connectivity index (χ1n) is 7.83. The molecule has 1 fully saturated rings. The van der Waals surface area contributed by atoms with Gasteiger partial charge in [-0.1, -0.05) is 0 Å². The topological polar surface area (TPSA) is 60.9 Å². The second kappa shape index (κ2) is 5.91. The quantitative estimate of drug-likeness (QED) is 0.772. The lowest BCUT2D eigenvalue weighted by Gasteiger charge is -2.36. The molecule has 1 aliphatic rings. The number of H-pyrrole nitrogens is 1. The Bertz CT molecular complexity index is 865. The van der Waals surface area contributed by atoms with Crippen LogP contribution in [0.3, 0.4) is 0 Å². The number of aromatic nitrogens is 4. The zero-order valence-corrected chi connectivity index (χ0v) is 13.2. The maximum Gasteiger partial charge on any atom is 0.416 e. The minimum absolute atomic E-state index is 0.627. The van der Waals surface area contributed by atoms with Crippen molar-refractivity contribution < 1.29 is 13.2 Å². The van der Waals surface area contributed by atoms with E-state index in [1.807, 2.05) is 0 Å². The van der Waals surface area contributed by atoms with Crippen molar-refractivity contribution >= 4 is 22.5 Å². The molecule has 2 aromatic heterocycles. The fourth-order valence-electron chi connectivity index (χ4n) is 3.04. The van der Waals surface area contributed by atoms with E-state index < -0.39 is 11.7 Å². The molecule has 1 aromatic carbocycles. The standard InChI is InChI=1S/C16H15F3N6/c17-16(18,19)11-1-3-12(4-2-11)24-5-7-25(8-6-24)15-13-9-22-23-14(13)20-10-21-15/h1-4,9-10H,5-8H2,(H,20,21,22,23). The summed E-state index contributed by atoms with van der Waals surface area (Å²) in [7, 11) is 0. The predicted octanol–water partition coefficient (Wildman–Crippen LogP) is 2.70. The number of hydrogen-bond acceptors (Lipinski definition) is 5. The molecule has 25 heavy (non-hydrogen) atoms. The smallest absolute Gasteiger partial charge is 0.368 e. The van der Waals surface area contributed by atoms with E-state index in [-0.39, 0.29) is 0 Å². The van der Waals surface area contributed by atoms with Crippen molar-refractivity contribution in [2.45, 2.75) is 6.18 Å². The average molecular weight is 348 g/mol. The molecule has 6 nitrogen and oxygen atoms in total. The number of fused-ring (bicyclic) bond motifs is 1. The number of halogens is 3. The van der Waals surface area contributed by atoms with Crippen LogP contribution in [0.15, 0.2) is 36.8 Å². The summed E-state index contributed by atoms with van der Waals surface area (Å²) in [6.45, 7) is 2.85. The van der Waals surface area contributed by atoms with Gasteiger partial charge < -0.3 is 9.80 Å². The Hall–Kier alpha value is -2.84.